The number of ether oxygens (including phenoxy) is 1. The molecule has 2 aromatic rings. The van der Waals surface area contributed by atoms with Crippen molar-refractivity contribution in [3.05, 3.63) is 47.8 Å². The van der Waals surface area contributed by atoms with Crippen LogP contribution in [0.25, 0.3) is 11.4 Å². The van der Waals surface area contributed by atoms with E-state index in [1.165, 1.54) is 15.9 Å². The smallest absolute Gasteiger partial charge is 0.409 e. The van der Waals surface area contributed by atoms with Gasteiger partial charge >= 0.3 is 12.1 Å². The Hall–Kier alpha value is -4.06. The van der Waals surface area contributed by atoms with Gasteiger partial charge in [-0.25, -0.2) is 14.8 Å². The monoisotopic (exact) mass is 541 g/mol. The van der Waals surface area contributed by atoms with E-state index in [1.54, 1.807) is 13.8 Å². The number of hydrogen-bond donors (Lipinski definition) is 3. The summed E-state index contributed by atoms with van der Waals surface area (Å²) in [7, 11) is 0. The molecular formula is C27H35N5O7. The summed E-state index contributed by atoms with van der Waals surface area (Å²) >= 11 is 0. The van der Waals surface area contributed by atoms with Crippen LogP contribution in [0.2, 0.25) is 0 Å². The molecule has 0 spiro atoms. The number of aliphatic hydroxyl groups is 1. The molecule has 1 aromatic carbocycles. The highest BCUT2D eigenvalue weighted by molar-refractivity contribution is 5.96. The number of carbonyl (C=O) groups is 4. The molecule has 0 bridgehead atoms. The molecule has 0 aliphatic carbocycles. The van der Waals surface area contributed by atoms with Gasteiger partial charge in [-0.1, -0.05) is 30.3 Å². The van der Waals surface area contributed by atoms with Crippen molar-refractivity contribution in [1.82, 2.24) is 25.1 Å². The molecule has 3 rings (SSSR count). The van der Waals surface area contributed by atoms with E-state index in [1.807, 2.05) is 30.3 Å². The average Bonchev–Trinajstić information content (AvgIpc) is 2.94. The number of hydrogen-bond acceptors (Lipinski definition) is 8. The number of carboxylic acid groups (broad SMARTS) is 1. The largest absolute Gasteiger partial charge is 0.481 e. The number of nitrogens with zero attached hydrogens (tertiary/aromatic N) is 4. The number of nitrogens with one attached hydrogen (secondary N) is 1. The lowest BCUT2D eigenvalue weighted by Gasteiger charge is -2.35. The van der Waals surface area contributed by atoms with Crippen LogP contribution in [0.4, 0.5) is 4.79 Å². The van der Waals surface area contributed by atoms with E-state index < -0.39 is 36.0 Å². The van der Waals surface area contributed by atoms with Gasteiger partial charge in [0.25, 0.3) is 5.91 Å². The summed E-state index contributed by atoms with van der Waals surface area (Å²) in [6.45, 7) is 4.62. The highest BCUT2D eigenvalue weighted by atomic mass is 16.6. The number of aromatic nitrogens is 2. The molecule has 12 nitrogen and oxygen atoms in total. The van der Waals surface area contributed by atoms with Crippen LogP contribution in [0.15, 0.2) is 36.4 Å². The number of rotatable bonds is 11. The number of carboxylic acids is 1. The van der Waals surface area contributed by atoms with E-state index in [-0.39, 0.29) is 51.3 Å². The third-order valence-corrected chi connectivity index (χ3v) is 6.23. The Morgan fingerprint density at radius 3 is 2.31 bits per heavy atom. The Morgan fingerprint density at radius 2 is 1.69 bits per heavy atom. The normalized spacial score (nSPS) is 14.8. The lowest BCUT2D eigenvalue weighted by Crippen LogP contribution is -2.56. The van der Waals surface area contributed by atoms with Gasteiger partial charge in [0.1, 0.15) is 11.7 Å². The molecule has 39 heavy (non-hydrogen) atoms. The molecule has 12 heteroatoms. The zero-order valence-electron chi connectivity index (χ0n) is 22.2. The van der Waals surface area contributed by atoms with Gasteiger partial charge in [0, 0.05) is 43.9 Å². The summed E-state index contributed by atoms with van der Waals surface area (Å²) in [5, 5.41) is 21.6. The molecule has 3 N–H and O–H groups in total. The van der Waals surface area contributed by atoms with Crippen molar-refractivity contribution in [3.8, 4) is 11.4 Å². The Kier molecular flexibility index (Phi) is 10.7. The summed E-state index contributed by atoms with van der Waals surface area (Å²) in [5.74, 6) is -1.84. The molecule has 2 heterocycles. The van der Waals surface area contributed by atoms with E-state index in [0.717, 1.165) is 0 Å². The Balaban J connectivity index is 1.79. The highest BCUT2D eigenvalue weighted by Crippen LogP contribution is 2.17. The van der Waals surface area contributed by atoms with Gasteiger partial charge in [-0.3, -0.25) is 14.4 Å². The number of aryl methyl sites for hydroxylation is 1. The third-order valence-electron chi connectivity index (χ3n) is 6.23. The number of amides is 3. The van der Waals surface area contributed by atoms with Gasteiger partial charge in [-0.15, -0.1) is 0 Å². The lowest BCUT2D eigenvalue weighted by atomic mass is 10.1. The third kappa shape index (κ3) is 8.74. The standard InChI is InChI=1S/C27H35N5O7/c1-3-39-27(38)32-15-13-31(14-16-32)26(37)21(11-12-23(34)35)30-25(36)22-17-20(10-9-18(2)33)28-24(29-22)19-7-5-4-6-8-19/h4-8,17-18,21,33H,3,9-16H2,1-2H3,(H,30,36)(H,34,35)/t18-,21?/m0/s1. The van der Waals surface area contributed by atoms with Crippen molar-refractivity contribution in [2.45, 2.75) is 51.7 Å². The van der Waals surface area contributed by atoms with Crippen LogP contribution in [-0.2, 0) is 20.7 Å². The average molecular weight is 542 g/mol. The van der Waals surface area contributed by atoms with E-state index in [4.69, 9.17) is 4.74 Å². The van der Waals surface area contributed by atoms with Gasteiger partial charge in [-0.2, -0.15) is 0 Å². The Morgan fingerprint density at radius 1 is 1.03 bits per heavy atom. The molecule has 0 saturated carbocycles. The van der Waals surface area contributed by atoms with Crippen LogP contribution in [0.1, 0.15) is 49.3 Å². The zero-order valence-corrected chi connectivity index (χ0v) is 22.2. The fraction of sp³-hybridized carbons (Fsp3) is 0.481. The number of carbonyl (C=O) groups excluding carboxylic acids is 3. The van der Waals surface area contributed by atoms with E-state index >= 15 is 0 Å². The van der Waals surface area contributed by atoms with E-state index in [0.29, 0.717) is 29.9 Å². The topological polar surface area (TPSA) is 162 Å². The molecule has 210 valence electrons. The van der Waals surface area contributed by atoms with Gasteiger partial charge < -0.3 is 30.1 Å². The minimum Gasteiger partial charge on any atom is -0.481 e. The SMILES string of the molecule is CCOC(=O)N1CCN(C(=O)C(CCC(=O)O)NC(=O)c2cc(CC[C@H](C)O)nc(-c3ccccc3)n2)CC1. The summed E-state index contributed by atoms with van der Waals surface area (Å²) < 4.78 is 5.01. The molecule has 1 saturated heterocycles. The molecule has 1 unspecified atom stereocenters. The predicted octanol–water partition coefficient (Wildman–Crippen LogP) is 1.72. The number of aliphatic hydroxyl groups excluding tert-OH is 1. The fourth-order valence-electron chi connectivity index (χ4n) is 4.12. The summed E-state index contributed by atoms with van der Waals surface area (Å²) in [5.41, 5.74) is 1.28. The van der Waals surface area contributed by atoms with Crippen LogP contribution in [0, 0.1) is 0 Å². The first-order chi connectivity index (χ1) is 18.7. The maximum atomic E-state index is 13.3. The summed E-state index contributed by atoms with van der Waals surface area (Å²) in [6, 6.07) is 9.53. The molecule has 0 radical (unpaired) electrons. The predicted molar refractivity (Wildman–Crippen MR) is 141 cm³/mol. The zero-order chi connectivity index (χ0) is 28.4. The van der Waals surface area contributed by atoms with Crippen molar-refractivity contribution in [3.63, 3.8) is 0 Å². The van der Waals surface area contributed by atoms with Crippen LogP contribution >= 0.6 is 0 Å². The van der Waals surface area contributed by atoms with Gasteiger partial charge in [0.2, 0.25) is 5.91 Å². The van der Waals surface area contributed by atoms with Crippen molar-refractivity contribution in [2.75, 3.05) is 32.8 Å². The molecular weight excluding hydrogens is 506 g/mol. The van der Waals surface area contributed by atoms with Crippen molar-refractivity contribution >= 4 is 23.9 Å². The van der Waals surface area contributed by atoms with Crippen molar-refractivity contribution in [2.24, 2.45) is 0 Å². The molecule has 2 atom stereocenters. The van der Waals surface area contributed by atoms with Crippen molar-refractivity contribution in [1.29, 1.82) is 0 Å². The highest BCUT2D eigenvalue weighted by Gasteiger charge is 2.31. The fourth-order valence-corrected chi connectivity index (χ4v) is 4.12. The van der Waals surface area contributed by atoms with Crippen LogP contribution < -0.4 is 5.32 Å². The number of benzene rings is 1. The molecule has 3 amide bonds. The van der Waals surface area contributed by atoms with Gasteiger partial charge in [0.05, 0.1) is 12.7 Å². The van der Waals surface area contributed by atoms with Crippen molar-refractivity contribution < 1.29 is 34.1 Å². The van der Waals surface area contributed by atoms with Crippen LogP contribution in [0.3, 0.4) is 0 Å². The molecule has 1 aromatic heterocycles. The number of piperazine rings is 1. The minimum atomic E-state index is -1.10. The summed E-state index contributed by atoms with van der Waals surface area (Å²) in [6.07, 6.45) is -0.595. The summed E-state index contributed by atoms with van der Waals surface area (Å²) in [4.78, 5) is 61.9. The maximum Gasteiger partial charge on any atom is 0.409 e. The first-order valence-corrected chi connectivity index (χ1v) is 13.0. The quantitative estimate of drug-likeness (QED) is 0.384. The first kappa shape index (κ1) is 29.5. The Bertz CT molecular complexity index is 1150. The molecule has 1 aliphatic rings. The van der Waals surface area contributed by atoms with Crippen LogP contribution in [0.5, 0.6) is 0 Å². The first-order valence-electron chi connectivity index (χ1n) is 13.0. The second-order valence-corrected chi connectivity index (χ2v) is 9.29. The van der Waals surface area contributed by atoms with E-state index in [2.05, 4.69) is 15.3 Å². The molecule has 1 fully saturated rings. The van der Waals surface area contributed by atoms with Gasteiger partial charge in [0.15, 0.2) is 5.82 Å². The maximum absolute atomic E-state index is 13.3. The lowest BCUT2D eigenvalue weighted by molar-refractivity contribution is -0.138. The minimum absolute atomic E-state index is 0.0321. The Labute approximate surface area is 227 Å². The second-order valence-electron chi connectivity index (χ2n) is 9.29. The van der Waals surface area contributed by atoms with Crippen LogP contribution in [-0.4, -0.2) is 98.8 Å². The van der Waals surface area contributed by atoms with Gasteiger partial charge in [-0.05, 0) is 39.2 Å². The van der Waals surface area contributed by atoms with E-state index in [9.17, 15) is 29.4 Å². The molecule has 1 aliphatic heterocycles. The number of aliphatic carboxylic acids is 1. The second kappa shape index (κ2) is 14.2.